The minimum atomic E-state index is 0. The van der Waals surface area contributed by atoms with E-state index in [-0.39, 0.29) is 18.3 Å². The van der Waals surface area contributed by atoms with Crippen LogP contribution in [0.2, 0.25) is 0 Å². The fraction of sp³-hybridized carbons (Fsp3) is 0.409. The molecule has 2 aliphatic rings. The van der Waals surface area contributed by atoms with E-state index in [1.165, 1.54) is 24.0 Å². The van der Waals surface area contributed by atoms with Crippen molar-refractivity contribution in [2.75, 3.05) is 12.3 Å². The fourth-order valence-electron chi connectivity index (χ4n) is 4.08. The number of nitrogens with two attached hydrogens (primary N) is 1. The Morgan fingerprint density at radius 1 is 1.07 bits per heavy atom. The summed E-state index contributed by atoms with van der Waals surface area (Å²) < 4.78 is 5.60. The van der Waals surface area contributed by atoms with E-state index in [9.17, 15) is 4.79 Å². The molecule has 1 aliphatic heterocycles. The van der Waals surface area contributed by atoms with Gasteiger partial charge >= 0.3 is 0 Å². The van der Waals surface area contributed by atoms with Crippen LogP contribution < -0.4 is 10.5 Å². The molecule has 2 N–H and O–H groups in total. The highest BCUT2D eigenvalue weighted by Gasteiger charge is 2.27. The summed E-state index contributed by atoms with van der Waals surface area (Å²) in [6.07, 6.45) is 6.06. The monoisotopic (exact) mass is 386 g/mol. The van der Waals surface area contributed by atoms with Crippen LogP contribution in [0, 0.1) is 0 Å². The number of fused-ring (bicyclic) bond motifs is 1. The third-order valence-electron chi connectivity index (χ3n) is 5.53. The molecule has 2 aromatic carbocycles. The highest BCUT2D eigenvalue weighted by Crippen LogP contribution is 2.29. The van der Waals surface area contributed by atoms with Gasteiger partial charge in [-0.15, -0.1) is 12.4 Å². The lowest BCUT2D eigenvalue weighted by Gasteiger charge is -2.29. The first-order valence-electron chi connectivity index (χ1n) is 9.57. The van der Waals surface area contributed by atoms with E-state index in [0.29, 0.717) is 19.0 Å². The Labute approximate surface area is 167 Å². The summed E-state index contributed by atoms with van der Waals surface area (Å²) >= 11 is 0. The van der Waals surface area contributed by atoms with E-state index in [1.807, 2.05) is 24.3 Å². The summed E-state index contributed by atoms with van der Waals surface area (Å²) in [5.74, 6) is 1.20. The second-order valence-electron chi connectivity index (χ2n) is 7.42. The minimum absolute atomic E-state index is 0. The van der Waals surface area contributed by atoms with Gasteiger partial charge in [-0.05, 0) is 47.7 Å². The van der Waals surface area contributed by atoms with Crippen LogP contribution in [0.15, 0.2) is 42.5 Å². The number of nitrogen functional groups attached to an aromatic ring is 1. The van der Waals surface area contributed by atoms with Crippen molar-refractivity contribution in [2.24, 2.45) is 0 Å². The molecular weight excluding hydrogens is 360 g/mol. The van der Waals surface area contributed by atoms with E-state index >= 15 is 0 Å². The van der Waals surface area contributed by atoms with E-state index in [4.69, 9.17) is 10.5 Å². The van der Waals surface area contributed by atoms with Crippen LogP contribution in [-0.2, 0) is 24.2 Å². The first kappa shape index (κ1) is 19.6. The number of rotatable bonds is 5. The van der Waals surface area contributed by atoms with Gasteiger partial charge in [-0.3, -0.25) is 4.79 Å². The first-order valence-corrected chi connectivity index (χ1v) is 9.57. The second kappa shape index (κ2) is 8.66. The van der Waals surface area contributed by atoms with Gasteiger partial charge in [-0.1, -0.05) is 37.1 Å². The quantitative estimate of drug-likeness (QED) is 0.785. The van der Waals surface area contributed by atoms with Crippen molar-refractivity contribution in [3.8, 4) is 5.75 Å². The molecule has 4 rings (SSSR count). The van der Waals surface area contributed by atoms with Crippen molar-refractivity contribution in [1.29, 1.82) is 0 Å². The maximum absolute atomic E-state index is 13.1. The number of benzene rings is 2. The number of amides is 1. The summed E-state index contributed by atoms with van der Waals surface area (Å²) in [5, 5.41) is 0. The Morgan fingerprint density at radius 3 is 2.52 bits per heavy atom. The van der Waals surface area contributed by atoms with Crippen LogP contribution in [0.25, 0.3) is 0 Å². The van der Waals surface area contributed by atoms with Gasteiger partial charge in [-0.2, -0.15) is 0 Å². The Morgan fingerprint density at radius 2 is 1.78 bits per heavy atom. The van der Waals surface area contributed by atoms with Gasteiger partial charge in [0.15, 0.2) is 0 Å². The largest absolute Gasteiger partial charge is 0.493 e. The van der Waals surface area contributed by atoms with Crippen LogP contribution in [0.3, 0.4) is 0 Å². The van der Waals surface area contributed by atoms with Crippen LogP contribution in [0.1, 0.15) is 42.4 Å². The molecule has 0 unspecified atom stereocenters. The third kappa shape index (κ3) is 4.56. The number of hydrogen-bond acceptors (Lipinski definition) is 3. The molecule has 0 atom stereocenters. The topological polar surface area (TPSA) is 55.6 Å². The maximum Gasteiger partial charge on any atom is 0.227 e. The van der Waals surface area contributed by atoms with Gasteiger partial charge in [0.25, 0.3) is 0 Å². The Bertz CT molecular complexity index is 785. The normalized spacial score (nSPS) is 15.7. The predicted octanol–water partition coefficient (Wildman–Crippen LogP) is 4.14. The third-order valence-corrected chi connectivity index (χ3v) is 5.53. The zero-order valence-corrected chi connectivity index (χ0v) is 16.3. The highest BCUT2D eigenvalue weighted by atomic mass is 35.5. The van der Waals surface area contributed by atoms with Gasteiger partial charge in [0, 0.05) is 24.7 Å². The number of carbonyl (C=O) groups is 1. The van der Waals surface area contributed by atoms with Crippen molar-refractivity contribution < 1.29 is 9.53 Å². The standard InChI is InChI=1S/C22H26N2O2.ClH/c23-19-8-5-16(6-9-19)14-22(25)24(20-3-1-2-4-20)15-17-7-10-21-18(13-17)11-12-26-21;/h5-10,13,20H,1-4,11-12,14-15,23H2;1H. The molecule has 1 fully saturated rings. The lowest BCUT2D eigenvalue weighted by molar-refractivity contribution is -0.133. The van der Waals surface area contributed by atoms with Crippen LogP contribution in [-0.4, -0.2) is 23.5 Å². The highest BCUT2D eigenvalue weighted by molar-refractivity contribution is 5.85. The first-order chi connectivity index (χ1) is 12.7. The Balaban J connectivity index is 0.00000210. The zero-order valence-electron chi connectivity index (χ0n) is 15.5. The fourth-order valence-corrected chi connectivity index (χ4v) is 4.08. The average molecular weight is 387 g/mol. The number of carbonyl (C=O) groups excluding carboxylic acids is 1. The molecule has 1 heterocycles. The van der Waals surface area contributed by atoms with E-state index in [0.717, 1.165) is 42.9 Å². The van der Waals surface area contributed by atoms with Crippen molar-refractivity contribution in [2.45, 2.75) is 51.1 Å². The molecule has 0 radical (unpaired) electrons. The number of nitrogens with zero attached hydrogens (tertiary/aromatic N) is 1. The van der Waals surface area contributed by atoms with Crippen LogP contribution in [0.5, 0.6) is 5.75 Å². The summed E-state index contributed by atoms with van der Waals surface area (Å²) in [4.78, 5) is 15.2. The molecule has 144 valence electrons. The van der Waals surface area contributed by atoms with E-state index in [1.54, 1.807) is 0 Å². The average Bonchev–Trinajstić information content (AvgIpc) is 3.32. The second-order valence-corrected chi connectivity index (χ2v) is 7.42. The van der Waals surface area contributed by atoms with E-state index < -0.39 is 0 Å². The van der Waals surface area contributed by atoms with Crippen molar-refractivity contribution in [3.05, 3.63) is 59.2 Å². The summed E-state index contributed by atoms with van der Waals surface area (Å²) in [5.41, 5.74) is 9.98. The van der Waals surface area contributed by atoms with Gasteiger partial charge in [0.2, 0.25) is 5.91 Å². The zero-order chi connectivity index (χ0) is 17.9. The number of ether oxygens (including phenoxy) is 1. The predicted molar refractivity (Wildman–Crippen MR) is 110 cm³/mol. The summed E-state index contributed by atoms with van der Waals surface area (Å²) in [6, 6.07) is 14.4. The lowest BCUT2D eigenvalue weighted by atomic mass is 10.1. The van der Waals surface area contributed by atoms with Gasteiger partial charge in [-0.25, -0.2) is 0 Å². The van der Waals surface area contributed by atoms with Crippen LogP contribution in [0.4, 0.5) is 5.69 Å². The summed E-state index contributed by atoms with van der Waals surface area (Å²) in [7, 11) is 0. The number of halogens is 1. The summed E-state index contributed by atoms with van der Waals surface area (Å²) in [6.45, 7) is 1.45. The molecule has 1 aliphatic carbocycles. The number of hydrogen-bond donors (Lipinski definition) is 1. The minimum Gasteiger partial charge on any atom is -0.493 e. The molecule has 0 saturated heterocycles. The van der Waals surface area contributed by atoms with Gasteiger partial charge in [0.05, 0.1) is 13.0 Å². The molecule has 4 nitrogen and oxygen atoms in total. The lowest BCUT2D eigenvalue weighted by Crippen LogP contribution is -2.39. The van der Waals surface area contributed by atoms with Gasteiger partial charge in [0.1, 0.15) is 5.75 Å². The molecule has 1 saturated carbocycles. The van der Waals surface area contributed by atoms with Crippen molar-refractivity contribution in [1.82, 2.24) is 4.90 Å². The molecule has 0 bridgehead atoms. The molecule has 1 amide bonds. The smallest absolute Gasteiger partial charge is 0.227 e. The number of anilines is 1. The van der Waals surface area contributed by atoms with Crippen molar-refractivity contribution >= 4 is 24.0 Å². The van der Waals surface area contributed by atoms with Gasteiger partial charge < -0.3 is 15.4 Å². The molecule has 0 spiro atoms. The maximum atomic E-state index is 13.1. The molecule has 2 aromatic rings. The van der Waals surface area contributed by atoms with Crippen LogP contribution >= 0.6 is 12.4 Å². The Hall–Kier alpha value is -2.20. The van der Waals surface area contributed by atoms with Crippen molar-refractivity contribution in [3.63, 3.8) is 0 Å². The Kier molecular flexibility index (Phi) is 6.27. The molecule has 0 aromatic heterocycles. The van der Waals surface area contributed by atoms with E-state index in [2.05, 4.69) is 23.1 Å². The molecular formula is C22H27ClN2O2. The molecule has 5 heteroatoms. The SMILES string of the molecule is Cl.Nc1ccc(CC(=O)N(Cc2ccc3c(c2)CCO3)C2CCCC2)cc1. The molecule has 27 heavy (non-hydrogen) atoms.